The molecule has 10 nitrogen and oxygen atoms in total. The lowest BCUT2D eigenvalue weighted by Crippen LogP contribution is -2.31. The number of nitrogens with one attached hydrogen (secondary N) is 3. The summed E-state index contributed by atoms with van der Waals surface area (Å²) in [6.45, 7) is 0.394. The van der Waals surface area contributed by atoms with Crippen LogP contribution in [0, 0.1) is 0 Å². The van der Waals surface area contributed by atoms with E-state index in [9.17, 15) is 13.2 Å². The maximum absolute atomic E-state index is 11.9. The number of urea groups is 1. The van der Waals surface area contributed by atoms with Gasteiger partial charge in [-0.25, -0.2) is 9.78 Å². The average molecular weight is 367 g/mol. The molecule has 3 N–H and O–H groups in total. The molecular weight excluding hydrogens is 346 g/mol. The second-order valence-corrected chi connectivity index (χ2v) is 7.29. The summed E-state index contributed by atoms with van der Waals surface area (Å²) in [5.41, 5.74) is 0.820. The Bertz CT molecular complexity index is 832. The average Bonchev–Trinajstić information content (AvgIpc) is 2.92. The van der Waals surface area contributed by atoms with E-state index < -0.39 is 16.2 Å². The van der Waals surface area contributed by atoms with Crippen LogP contribution in [0.15, 0.2) is 30.6 Å². The van der Waals surface area contributed by atoms with E-state index in [0.717, 1.165) is 10.1 Å². The van der Waals surface area contributed by atoms with Crippen molar-refractivity contribution in [3.63, 3.8) is 0 Å². The molecule has 2 aromatic rings. The van der Waals surface area contributed by atoms with Crippen molar-refractivity contribution in [1.82, 2.24) is 24.4 Å². The zero-order valence-corrected chi connectivity index (χ0v) is 15.0. The van der Waals surface area contributed by atoms with Crippen LogP contribution in [0.4, 0.5) is 16.2 Å². The van der Waals surface area contributed by atoms with Gasteiger partial charge in [0.25, 0.3) is 0 Å². The predicted octanol–water partition coefficient (Wildman–Crippen LogP) is 0.398. The molecule has 0 saturated heterocycles. The molecule has 0 spiro atoms. The number of benzene rings is 1. The first-order chi connectivity index (χ1) is 11.8. The van der Waals surface area contributed by atoms with Gasteiger partial charge in [0.1, 0.15) is 12.2 Å². The van der Waals surface area contributed by atoms with Crippen molar-refractivity contribution in [3.8, 4) is 0 Å². The van der Waals surface area contributed by atoms with E-state index in [-0.39, 0.29) is 0 Å². The minimum atomic E-state index is -3.60. The second kappa shape index (κ2) is 7.94. The molecule has 136 valence electrons. The quantitative estimate of drug-likeness (QED) is 0.654. The van der Waals surface area contributed by atoms with Gasteiger partial charge in [-0.2, -0.15) is 17.8 Å². The van der Waals surface area contributed by atoms with Crippen LogP contribution in [0.2, 0.25) is 0 Å². The molecule has 0 aliphatic carbocycles. The normalized spacial score (nSPS) is 11.4. The fraction of sp³-hybridized carbons (Fsp3) is 0.357. The van der Waals surface area contributed by atoms with Gasteiger partial charge in [-0.05, 0) is 18.2 Å². The summed E-state index contributed by atoms with van der Waals surface area (Å²) in [6.07, 6.45) is 2.00. The lowest BCUT2D eigenvalue weighted by atomic mass is 10.3. The SMILES string of the molecule is CN(C)S(=O)(=O)Nc1cccc(NC(=O)NCCc2ncnn2C)c1. The number of carbonyl (C=O) groups is 1. The fourth-order valence-corrected chi connectivity index (χ4v) is 2.52. The first-order valence-corrected chi connectivity index (χ1v) is 8.90. The lowest BCUT2D eigenvalue weighted by Gasteiger charge is -2.14. The Morgan fingerprint density at radius 2 is 2.00 bits per heavy atom. The molecule has 0 unspecified atom stereocenters. The predicted molar refractivity (Wildman–Crippen MR) is 94.4 cm³/mol. The summed E-state index contributed by atoms with van der Waals surface area (Å²) < 4.78 is 28.7. The van der Waals surface area contributed by atoms with E-state index >= 15 is 0 Å². The molecule has 0 fully saturated rings. The highest BCUT2D eigenvalue weighted by Crippen LogP contribution is 2.16. The van der Waals surface area contributed by atoms with Crippen LogP contribution in [0.25, 0.3) is 0 Å². The first-order valence-electron chi connectivity index (χ1n) is 7.46. The molecule has 0 bridgehead atoms. The molecule has 2 amide bonds. The maximum atomic E-state index is 11.9. The van der Waals surface area contributed by atoms with Crippen molar-refractivity contribution in [2.24, 2.45) is 7.05 Å². The summed E-state index contributed by atoms with van der Waals surface area (Å²) in [5, 5.41) is 9.31. The second-order valence-electron chi connectivity index (χ2n) is 5.40. The number of anilines is 2. The van der Waals surface area contributed by atoms with Gasteiger partial charge in [0, 0.05) is 39.8 Å². The molecule has 0 radical (unpaired) electrons. The molecule has 1 aromatic carbocycles. The number of hydrogen-bond donors (Lipinski definition) is 3. The molecule has 0 atom stereocenters. The smallest absolute Gasteiger partial charge is 0.319 e. The Morgan fingerprint density at radius 3 is 2.64 bits per heavy atom. The van der Waals surface area contributed by atoms with Gasteiger partial charge in [-0.15, -0.1) is 0 Å². The van der Waals surface area contributed by atoms with Gasteiger partial charge in [-0.1, -0.05) is 6.07 Å². The Kier molecular flexibility index (Phi) is 5.93. The third-order valence-corrected chi connectivity index (χ3v) is 4.74. The molecule has 0 aliphatic heterocycles. The Balaban J connectivity index is 1.88. The highest BCUT2D eigenvalue weighted by molar-refractivity contribution is 7.90. The van der Waals surface area contributed by atoms with Crippen LogP contribution >= 0.6 is 0 Å². The van der Waals surface area contributed by atoms with E-state index in [1.807, 2.05) is 0 Å². The van der Waals surface area contributed by atoms with Crippen molar-refractivity contribution in [1.29, 1.82) is 0 Å². The third-order valence-electron chi connectivity index (χ3n) is 3.29. The molecule has 1 aromatic heterocycles. The largest absolute Gasteiger partial charge is 0.337 e. The maximum Gasteiger partial charge on any atom is 0.319 e. The van der Waals surface area contributed by atoms with Crippen molar-refractivity contribution < 1.29 is 13.2 Å². The minimum absolute atomic E-state index is 0.352. The number of aromatic nitrogens is 3. The van der Waals surface area contributed by atoms with Crippen LogP contribution in [0.3, 0.4) is 0 Å². The van der Waals surface area contributed by atoms with Gasteiger partial charge < -0.3 is 10.6 Å². The molecule has 25 heavy (non-hydrogen) atoms. The Morgan fingerprint density at radius 1 is 1.28 bits per heavy atom. The van der Waals surface area contributed by atoms with Crippen LogP contribution in [0.5, 0.6) is 0 Å². The van der Waals surface area contributed by atoms with Crippen molar-refractivity contribution >= 4 is 27.6 Å². The van der Waals surface area contributed by atoms with Crippen LogP contribution in [0.1, 0.15) is 5.82 Å². The number of aryl methyl sites for hydroxylation is 1. The van der Waals surface area contributed by atoms with Gasteiger partial charge in [-0.3, -0.25) is 9.40 Å². The summed E-state index contributed by atoms with van der Waals surface area (Å²) in [7, 11) is 1.03. The van der Waals surface area contributed by atoms with Crippen molar-refractivity contribution in [2.45, 2.75) is 6.42 Å². The molecule has 1 heterocycles. The number of hydrogen-bond acceptors (Lipinski definition) is 5. The lowest BCUT2D eigenvalue weighted by molar-refractivity contribution is 0.252. The number of nitrogens with zero attached hydrogens (tertiary/aromatic N) is 4. The van der Waals surface area contributed by atoms with Gasteiger partial charge >= 0.3 is 16.2 Å². The topological polar surface area (TPSA) is 121 Å². The first kappa shape index (κ1) is 18.7. The highest BCUT2D eigenvalue weighted by Gasteiger charge is 2.13. The Labute approximate surface area is 146 Å². The summed E-state index contributed by atoms with van der Waals surface area (Å²) in [5.74, 6) is 0.764. The van der Waals surface area contributed by atoms with E-state index in [1.165, 1.54) is 26.5 Å². The van der Waals surface area contributed by atoms with E-state index in [0.29, 0.717) is 24.3 Å². The molecular formula is C14H21N7O3S. The monoisotopic (exact) mass is 367 g/mol. The molecule has 0 saturated carbocycles. The van der Waals surface area contributed by atoms with E-state index in [4.69, 9.17) is 0 Å². The van der Waals surface area contributed by atoms with Crippen LogP contribution < -0.4 is 15.4 Å². The van der Waals surface area contributed by atoms with Crippen LogP contribution in [-0.2, 0) is 23.7 Å². The zero-order valence-electron chi connectivity index (χ0n) is 14.2. The highest BCUT2D eigenvalue weighted by atomic mass is 32.2. The van der Waals surface area contributed by atoms with E-state index in [2.05, 4.69) is 25.4 Å². The number of carbonyl (C=O) groups excluding carboxylic acids is 1. The van der Waals surface area contributed by atoms with Gasteiger partial charge in [0.15, 0.2) is 0 Å². The van der Waals surface area contributed by atoms with Gasteiger partial charge in [0.2, 0.25) is 0 Å². The standard InChI is InChI=1S/C14H21N7O3S/c1-20(2)25(23,24)19-12-6-4-5-11(9-12)18-14(22)15-8-7-13-16-10-17-21(13)3/h4-6,9-10,19H,7-8H2,1-3H3,(H2,15,18,22). The third kappa shape index (κ3) is 5.43. The Hall–Kier alpha value is -2.66. The molecule has 0 aliphatic rings. The minimum Gasteiger partial charge on any atom is -0.337 e. The molecule has 11 heteroatoms. The summed E-state index contributed by atoms with van der Waals surface area (Å²) in [6, 6.07) is 6.04. The zero-order chi connectivity index (χ0) is 18.4. The summed E-state index contributed by atoms with van der Waals surface area (Å²) in [4.78, 5) is 16.0. The van der Waals surface area contributed by atoms with E-state index in [1.54, 1.807) is 29.9 Å². The van der Waals surface area contributed by atoms with Crippen LogP contribution in [-0.4, -0.2) is 54.2 Å². The fourth-order valence-electron chi connectivity index (χ4n) is 1.91. The number of rotatable bonds is 7. The van der Waals surface area contributed by atoms with Crippen molar-refractivity contribution in [2.75, 3.05) is 30.7 Å². The van der Waals surface area contributed by atoms with Gasteiger partial charge in [0.05, 0.1) is 5.69 Å². The van der Waals surface area contributed by atoms with Crippen molar-refractivity contribution in [3.05, 3.63) is 36.4 Å². The summed E-state index contributed by atoms with van der Waals surface area (Å²) >= 11 is 0. The number of amides is 2. The molecule has 2 rings (SSSR count).